The highest BCUT2D eigenvalue weighted by molar-refractivity contribution is 5.95. The van der Waals surface area contributed by atoms with E-state index in [1.165, 1.54) is 0 Å². The molecule has 0 bridgehead atoms. The average Bonchev–Trinajstić information content (AvgIpc) is 3.28. The van der Waals surface area contributed by atoms with E-state index in [1.807, 2.05) is 66.7 Å². The summed E-state index contributed by atoms with van der Waals surface area (Å²) in [5.41, 5.74) is 3.61. The third-order valence-electron chi connectivity index (χ3n) is 4.73. The van der Waals surface area contributed by atoms with E-state index in [-0.39, 0.29) is 5.91 Å². The monoisotopic (exact) mass is 394 g/mol. The van der Waals surface area contributed by atoms with Gasteiger partial charge in [0.2, 0.25) is 5.91 Å². The molecule has 29 heavy (non-hydrogen) atoms. The zero-order valence-electron chi connectivity index (χ0n) is 16.9. The lowest BCUT2D eigenvalue weighted by molar-refractivity contribution is -0.121. The number of likely N-dealkylation sites (N-methyl/N-ethyl adjacent to an activating group) is 1. The van der Waals surface area contributed by atoms with Gasteiger partial charge in [-0.15, -0.1) is 0 Å². The van der Waals surface area contributed by atoms with Gasteiger partial charge in [-0.05, 0) is 42.4 Å². The Hall–Kier alpha value is -3.16. The maximum atomic E-state index is 13.2. The van der Waals surface area contributed by atoms with Crippen LogP contribution in [0.3, 0.4) is 0 Å². The summed E-state index contributed by atoms with van der Waals surface area (Å²) in [6, 6.07) is 14.8. The quantitative estimate of drug-likeness (QED) is 0.582. The number of rotatable bonds is 9. The van der Waals surface area contributed by atoms with Crippen LogP contribution in [0.4, 0.5) is 5.69 Å². The van der Waals surface area contributed by atoms with Crippen molar-refractivity contribution < 1.29 is 14.3 Å². The third kappa shape index (κ3) is 5.22. The number of carbonyl (C=O) groups is 1. The fourth-order valence-corrected chi connectivity index (χ4v) is 3.15. The molecule has 1 aromatic heterocycles. The van der Waals surface area contributed by atoms with Crippen LogP contribution in [-0.4, -0.2) is 55.4 Å². The molecule has 1 heterocycles. The van der Waals surface area contributed by atoms with Gasteiger partial charge in [-0.3, -0.25) is 14.8 Å². The van der Waals surface area contributed by atoms with Crippen molar-refractivity contribution in [2.45, 2.75) is 6.04 Å². The number of aromatic amines is 1. The molecule has 0 spiro atoms. The molecule has 7 heteroatoms. The van der Waals surface area contributed by atoms with Gasteiger partial charge in [0.05, 0.1) is 19.9 Å². The molecule has 2 N–H and O–H groups in total. The number of hydrogen-bond acceptors (Lipinski definition) is 5. The molecule has 3 rings (SSSR count). The van der Waals surface area contributed by atoms with Crippen LogP contribution >= 0.6 is 0 Å². The summed E-state index contributed by atoms with van der Waals surface area (Å²) >= 11 is 0. The van der Waals surface area contributed by atoms with Crippen molar-refractivity contribution >= 4 is 11.6 Å². The number of hydrogen-bond donors (Lipinski definition) is 2. The number of carbonyl (C=O) groups excluding carboxylic acids is 1. The van der Waals surface area contributed by atoms with Crippen molar-refractivity contribution in [2.75, 3.05) is 39.7 Å². The minimum atomic E-state index is -0.478. The Kier molecular flexibility index (Phi) is 6.99. The largest absolute Gasteiger partial charge is 0.497 e. The molecular formula is C22H26N4O3. The van der Waals surface area contributed by atoms with E-state index in [0.29, 0.717) is 18.9 Å². The standard InChI is InChI=1S/C22H26N4O3/c1-26(11-12-28-2)21(17-5-4-6-20(13-17)29-3)22(27)25-19-9-7-16(8-10-19)18-14-23-24-15-18/h4-10,13-15,21H,11-12H2,1-3H3,(H,23,24)(H,25,27). The van der Waals surface area contributed by atoms with Gasteiger partial charge in [-0.1, -0.05) is 24.3 Å². The summed E-state index contributed by atoms with van der Waals surface area (Å²) in [5.74, 6) is 0.595. The third-order valence-corrected chi connectivity index (χ3v) is 4.73. The molecule has 0 aliphatic rings. The molecule has 1 amide bonds. The molecule has 0 fully saturated rings. The Morgan fingerprint density at radius 3 is 2.62 bits per heavy atom. The van der Waals surface area contributed by atoms with Crippen LogP contribution in [0.15, 0.2) is 60.9 Å². The van der Waals surface area contributed by atoms with Crippen LogP contribution in [-0.2, 0) is 9.53 Å². The Morgan fingerprint density at radius 2 is 1.97 bits per heavy atom. The molecule has 152 valence electrons. The molecule has 0 saturated heterocycles. The molecule has 1 atom stereocenters. The van der Waals surface area contributed by atoms with Crippen LogP contribution in [0.25, 0.3) is 11.1 Å². The molecule has 0 aliphatic heterocycles. The maximum absolute atomic E-state index is 13.2. The van der Waals surface area contributed by atoms with E-state index in [0.717, 1.165) is 22.4 Å². The zero-order valence-corrected chi connectivity index (χ0v) is 16.9. The van der Waals surface area contributed by atoms with E-state index >= 15 is 0 Å². The Bertz CT molecular complexity index is 910. The first kappa shape index (κ1) is 20.6. The SMILES string of the molecule is COCCN(C)C(C(=O)Nc1ccc(-c2cn[nH]c2)cc1)c1cccc(OC)c1. The van der Waals surface area contributed by atoms with Gasteiger partial charge in [0, 0.05) is 31.1 Å². The minimum absolute atomic E-state index is 0.118. The van der Waals surface area contributed by atoms with Crippen molar-refractivity contribution in [3.8, 4) is 16.9 Å². The fourth-order valence-electron chi connectivity index (χ4n) is 3.15. The summed E-state index contributed by atoms with van der Waals surface area (Å²) < 4.78 is 10.5. The first-order valence-electron chi connectivity index (χ1n) is 9.35. The number of methoxy groups -OCH3 is 2. The number of H-pyrrole nitrogens is 1. The number of benzene rings is 2. The smallest absolute Gasteiger partial charge is 0.246 e. The second-order valence-corrected chi connectivity index (χ2v) is 6.71. The number of aromatic nitrogens is 2. The lowest BCUT2D eigenvalue weighted by Gasteiger charge is -2.27. The van der Waals surface area contributed by atoms with Gasteiger partial charge < -0.3 is 14.8 Å². The maximum Gasteiger partial charge on any atom is 0.246 e. The van der Waals surface area contributed by atoms with E-state index in [9.17, 15) is 4.79 Å². The number of anilines is 1. The number of ether oxygens (including phenoxy) is 2. The first-order chi connectivity index (χ1) is 14.1. The minimum Gasteiger partial charge on any atom is -0.497 e. The van der Waals surface area contributed by atoms with Crippen molar-refractivity contribution in [2.24, 2.45) is 0 Å². The number of amides is 1. The Balaban J connectivity index is 1.80. The summed E-state index contributed by atoms with van der Waals surface area (Å²) in [6.07, 6.45) is 3.59. The summed E-state index contributed by atoms with van der Waals surface area (Å²) in [4.78, 5) is 15.1. The molecule has 0 saturated carbocycles. The topological polar surface area (TPSA) is 79.5 Å². The second-order valence-electron chi connectivity index (χ2n) is 6.71. The van der Waals surface area contributed by atoms with Gasteiger partial charge in [-0.2, -0.15) is 5.10 Å². The predicted octanol–water partition coefficient (Wildman–Crippen LogP) is 3.34. The van der Waals surface area contributed by atoms with Crippen molar-refractivity contribution in [1.82, 2.24) is 15.1 Å². The van der Waals surface area contributed by atoms with E-state index in [2.05, 4.69) is 15.5 Å². The molecule has 2 aromatic carbocycles. The lowest BCUT2D eigenvalue weighted by Crippen LogP contribution is -2.36. The van der Waals surface area contributed by atoms with Gasteiger partial charge in [0.25, 0.3) is 0 Å². The molecule has 1 unspecified atom stereocenters. The van der Waals surface area contributed by atoms with E-state index in [1.54, 1.807) is 20.4 Å². The predicted molar refractivity (Wildman–Crippen MR) is 113 cm³/mol. The molecule has 0 aliphatic carbocycles. The highest BCUT2D eigenvalue weighted by atomic mass is 16.5. The van der Waals surface area contributed by atoms with Crippen LogP contribution in [0.1, 0.15) is 11.6 Å². The van der Waals surface area contributed by atoms with Crippen molar-refractivity contribution in [3.05, 3.63) is 66.5 Å². The van der Waals surface area contributed by atoms with Crippen molar-refractivity contribution in [1.29, 1.82) is 0 Å². The van der Waals surface area contributed by atoms with Crippen LogP contribution in [0, 0.1) is 0 Å². The van der Waals surface area contributed by atoms with Crippen LogP contribution in [0.5, 0.6) is 5.75 Å². The normalized spacial score (nSPS) is 12.0. The summed E-state index contributed by atoms with van der Waals surface area (Å²) in [7, 11) is 5.17. The molecule has 3 aromatic rings. The fraction of sp³-hybridized carbons (Fsp3) is 0.273. The van der Waals surface area contributed by atoms with Gasteiger partial charge in [0.15, 0.2) is 0 Å². The van der Waals surface area contributed by atoms with Gasteiger partial charge >= 0.3 is 0 Å². The molecule has 7 nitrogen and oxygen atoms in total. The summed E-state index contributed by atoms with van der Waals surface area (Å²) in [6.45, 7) is 1.15. The number of nitrogens with zero attached hydrogens (tertiary/aromatic N) is 2. The van der Waals surface area contributed by atoms with Crippen LogP contribution < -0.4 is 10.1 Å². The number of nitrogens with one attached hydrogen (secondary N) is 2. The highest BCUT2D eigenvalue weighted by Gasteiger charge is 2.25. The second kappa shape index (κ2) is 9.86. The van der Waals surface area contributed by atoms with E-state index in [4.69, 9.17) is 9.47 Å². The van der Waals surface area contributed by atoms with Gasteiger partial charge in [0.1, 0.15) is 11.8 Å². The Labute approximate surface area is 170 Å². The summed E-state index contributed by atoms with van der Waals surface area (Å²) in [5, 5.41) is 9.79. The molecular weight excluding hydrogens is 368 g/mol. The lowest BCUT2D eigenvalue weighted by atomic mass is 10.0. The average molecular weight is 394 g/mol. The zero-order chi connectivity index (χ0) is 20.6. The van der Waals surface area contributed by atoms with Gasteiger partial charge in [-0.25, -0.2) is 0 Å². The highest BCUT2D eigenvalue weighted by Crippen LogP contribution is 2.26. The first-order valence-corrected chi connectivity index (χ1v) is 9.35. The van der Waals surface area contributed by atoms with Crippen molar-refractivity contribution in [3.63, 3.8) is 0 Å². The molecule has 0 radical (unpaired) electrons. The van der Waals surface area contributed by atoms with Crippen LogP contribution in [0.2, 0.25) is 0 Å². The van der Waals surface area contributed by atoms with E-state index < -0.39 is 6.04 Å². The Morgan fingerprint density at radius 1 is 1.17 bits per heavy atom.